The molecule has 1 saturated heterocycles. The van der Waals surface area contributed by atoms with Crippen LogP contribution in [0.25, 0.3) is 6.08 Å². The molecule has 1 heterocycles. The zero-order chi connectivity index (χ0) is 24.1. The molecule has 0 aromatic heterocycles. The Morgan fingerprint density at radius 3 is 2.53 bits per heavy atom. The Labute approximate surface area is 200 Å². The van der Waals surface area contributed by atoms with E-state index in [-0.39, 0.29) is 23.9 Å². The van der Waals surface area contributed by atoms with Gasteiger partial charge >= 0.3 is 0 Å². The number of halogens is 1. The summed E-state index contributed by atoms with van der Waals surface area (Å²) < 4.78 is 19.7. The van der Waals surface area contributed by atoms with Crippen molar-refractivity contribution in [3.8, 4) is 5.75 Å². The first kappa shape index (κ1) is 23.3. The molecular weight excluding hydrogens is 455 g/mol. The molecule has 1 fully saturated rings. The third kappa shape index (κ3) is 5.35. The molecule has 4 rings (SSSR count). The van der Waals surface area contributed by atoms with Gasteiger partial charge in [-0.15, -0.1) is 0 Å². The van der Waals surface area contributed by atoms with Gasteiger partial charge in [0.25, 0.3) is 11.1 Å². The van der Waals surface area contributed by atoms with Crippen molar-refractivity contribution in [1.29, 1.82) is 0 Å². The van der Waals surface area contributed by atoms with Gasteiger partial charge in [-0.05, 0) is 48.5 Å². The Morgan fingerprint density at radius 1 is 1.03 bits per heavy atom. The molecular formula is C26H21FN2O4S. The van der Waals surface area contributed by atoms with Crippen LogP contribution in [0.2, 0.25) is 0 Å². The van der Waals surface area contributed by atoms with Crippen molar-refractivity contribution < 1.29 is 23.5 Å². The second-order valence-corrected chi connectivity index (χ2v) is 8.54. The van der Waals surface area contributed by atoms with Gasteiger partial charge in [0, 0.05) is 16.8 Å². The second-order valence-electron chi connectivity index (χ2n) is 7.55. The molecule has 0 bridgehead atoms. The van der Waals surface area contributed by atoms with Gasteiger partial charge in [-0.2, -0.15) is 0 Å². The number of hydrogen-bond donors (Lipinski definition) is 1. The van der Waals surface area contributed by atoms with E-state index >= 15 is 0 Å². The van der Waals surface area contributed by atoms with Crippen LogP contribution < -0.4 is 10.1 Å². The molecule has 0 unspecified atom stereocenters. The molecule has 3 aromatic rings. The smallest absolute Gasteiger partial charge is 0.294 e. The van der Waals surface area contributed by atoms with Crippen molar-refractivity contribution >= 4 is 40.6 Å². The van der Waals surface area contributed by atoms with Crippen LogP contribution in [0.15, 0.2) is 77.7 Å². The first-order chi connectivity index (χ1) is 16.4. The highest BCUT2D eigenvalue weighted by Gasteiger charge is 2.36. The summed E-state index contributed by atoms with van der Waals surface area (Å²) in [5, 5.41) is 2.20. The number of hydrogen-bond acceptors (Lipinski definition) is 5. The first-order valence-corrected chi connectivity index (χ1v) is 11.3. The van der Waals surface area contributed by atoms with Crippen LogP contribution >= 0.6 is 11.8 Å². The lowest BCUT2D eigenvalue weighted by Crippen LogP contribution is -2.36. The van der Waals surface area contributed by atoms with Crippen molar-refractivity contribution in [3.63, 3.8) is 0 Å². The Balaban J connectivity index is 1.46. The van der Waals surface area contributed by atoms with E-state index in [2.05, 4.69) is 5.32 Å². The van der Waals surface area contributed by atoms with Crippen molar-refractivity contribution in [1.82, 2.24) is 4.90 Å². The predicted octanol–water partition coefficient (Wildman–Crippen LogP) is 5.39. The van der Waals surface area contributed by atoms with E-state index in [1.165, 1.54) is 6.07 Å². The van der Waals surface area contributed by atoms with Gasteiger partial charge in [-0.25, -0.2) is 4.39 Å². The number of aryl methyl sites for hydroxylation is 1. The third-order valence-electron chi connectivity index (χ3n) is 5.14. The molecule has 0 spiro atoms. The number of imide groups is 1. The largest absolute Gasteiger partial charge is 0.488 e. The highest BCUT2D eigenvalue weighted by molar-refractivity contribution is 8.18. The molecule has 3 amide bonds. The number of thioether (sulfide) groups is 1. The summed E-state index contributed by atoms with van der Waals surface area (Å²) in [4.78, 5) is 38.8. The lowest BCUT2D eigenvalue weighted by atomic mass is 10.1. The maximum absolute atomic E-state index is 13.9. The molecule has 172 valence electrons. The van der Waals surface area contributed by atoms with Crippen molar-refractivity contribution in [2.24, 2.45) is 0 Å². The van der Waals surface area contributed by atoms with Crippen molar-refractivity contribution in [2.45, 2.75) is 13.5 Å². The minimum atomic E-state index is -0.557. The Morgan fingerprint density at radius 2 is 1.74 bits per heavy atom. The summed E-state index contributed by atoms with van der Waals surface area (Å²) in [5.41, 5.74) is 2.46. The van der Waals surface area contributed by atoms with Crippen molar-refractivity contribution in [3.05, 3.63) is 100 Å². The number of anilines is 1. The van der Waals surface area contributed by atoms with E-state index in [1.54, 1.807) is 60.7 Å². The fourth-order valence-corrected chi connectivity index (χ4v) is 4.16. The van der Waals surface area contributed by atoms with Crippen LogP contribution in [-0.2, 0) is 16.2 Å². The molecule has 0 saturated carbocycles. The second kappa shape index (κ2) is 10.4. The maximum atomic E-state index is 13.9. The highest BCUT2D eigenvalue weighted by Crippen LogP contribution is 2.34. The van der Waals surface area contributed by atoms with E-state index in [1.807, 2.05) is 19.1 Å². The fourth-order valence-electron chi connectivity index (χ4n) is 3.33. The summed E-state index contributed by atoms with van der Waals surface area (Å²) in [5.74, 6) is -0.953. The number of nitrogens with zero attached hydrogens (tertiary/aromatic N) is 1. The van der Waals surface area contributed by atoms with E-state index in [0.717, 1.165) is 22.2 Å². The number of ether oxygens (including phenoxy) is 1. The quantitative estimate of drug-likeness (QED) is 0.463. The predicted molar refractivity (Wildman–Crippen MR) is 130 cm³/mol. The van der Waals surface area contributed by atoms with E-state index in [9.17, 15) is 18.8 Å². The summed E-state index contributed by atoms with van der Waals surface area (Å²) in [7, 11) is 0. The average molecular weight is 477 g/mol. The van der Waals surface area contributed by atoms with Crippen LogP contribution in [0.4, 0.5) is 14.9 Å². The molecule has 0 radical (unpaired) electrons. The maximum Gasteiger partial charge on any atom is 0.294 e. The first-order valence-electron chi connectivity index (χ1n) is 10.5. The number of para-hydroxylation sites is 2. The van der Waals surface area contributed by atoms with Gasteiger partial charge in [0.05, 0.1) is 4.91 Å². The molecule has 0 atom stereocenters. The third-order valence-corrected chi connectivity index (χ3v) is 6.05. The van der Waals surface area contributed by atoms with E-state index in [4.69, 9.17) is 4.74 Å². The molecule has 1 aliphatic rings. The Hall–Kier alpha value is -3.91. The van der Waals surface area contributed by atoms with Crippen LogP contribution in [0.5, 0.6) is 5.75 Å². The van der Waals surface area contributed by atoms with Gasteiger partial charge in [-0.1, -0.05) is 54.6 Å². The Bertz CT molecular complexity index is 1290. The van der Waals surface area contributed by atoms with Crippen molar-refractivity contribution in [2.75, 3.05) is 11.9 Å². The number of carbonyl (C=O) groups excluding carboxylic acids is 3. The zero-order valence-electron chi connectivity index (χ0n) is 18.3. The number of rotatable bonds is 7. The standard InChI is InChI=1S/C26H21FN2O4S/c1-17-8-2-6-12-21(17)28-24(30)15-29-25(31)23(34-26(29)32)14-18-9-4-7-13-22(18)33-16-19-10-3-5-11-20(19)27/h2-14H,15-16H2,1H3,(H,28,30). The molecule has 8 heteroatoms. The Kier molecular flexibility index (Phi) is 7.08. The van der Waals surface area contributed by atoms with Gasteiger partial charge in [0.15, 0.2) is 0 Å². The van der Waals surface area contributed by atoms with Gasteiger partial charge in [0.1, 0.15) is 24.7 Å². The molecule has 1 N–H and O–H groups in total. The van der Waals surface area contributed by atoms with Crippen LogP contribution in [0.1, 0.15) is 16.7 Å². The lowest BCUT2D eigenvalue weighted by molar-refractivity contribution is -0.127. The monoisotopic (exact) mass is 476 g/mol. The number of nitrogens with one attached hydrogen (secondary N) is 1. The van der Waals surface area contributed by atoms with Crippen LogP contribution in [0.3, 0.4) is 0 Å². The summed E-state index contributed by atoms with van der Waals surface area (Å²) in [6, 6.07) is 20.5. The molecule has 6 nitrogen and oxygen atoms in total. The minimum Gasteiger partial charge on any atom is -0.488 e. The summed E-state index contributed by atoms with van der Waals surface area (Å²) in [6.07, 6.45) is 1.54. The van der Waals surface area contributed by atoms with Gasteiger partial charge in [0.2, 0.25) is 5.91 Å². The van der Waals surface area contributed by atoms with Gasteiger partial charge in [-0.3, -0.25) is 19.3 Å². The number of carbonyl (C=O) groups is 3. The molecule has 0 aliphatic carbocycles. The van der Waals surface area contributed by atoms with Crippen LogP contribution in [-0.4, -0.2) is 28.5 Å². The lowest BCUT2D eigenvalue weighted by Gasteiger charge is -2.13. The number of amides is 3. The topological polar surface area (TPSA) is 75.7 Å². The fraction of sp³-hybridized carbons (Fsp3) is 0.115. The molecule has 3 aromatic carbocycles. The summed E-state index contributed by atoms with van der Waals surface area (Å²) in [6.45, 7) is 1.48. The van der Waals surface area contributed by atoms with E-state index < -0.39 is 17.1 Å². The van der Waals surface area contributed by atoms with E-state index in [0.29, 0.717) is 22.6 Å². The van der Waals surface area contributed by atoms with Crippen LogP contribution in [0, 0.1) is 12.7 Å². The highest BCUT2D eigenvalue weighted by atomic mass is 32.2. The molecule has 34 heavy (non-hydrogen) atoms. The zero-order valence-corrected chi connectivity index (χ0v) is 19.1. The average Bonchev–Trinajstić information content (AvgIpc) is 3.08. The number of benzene rings is 3. The minimum absolute atomic E-state index is 0.0120. The summed E-state index contributed by atoms with van der Waals surface area (Å²) >= 11 is 0.757. The normalized spacial score (nSPS) is 14.5. The SMILES string of the molecule is Cc1ccccc1NC(=O)CN1C(=O)SC(=Cc2ccccc2OCc2ccccc2F)C1=O. The van der Waals surface area contributed by atoms with Gasteiger partial charge < -0.3 is 10.1 Å². The molecule has 1 aliphatic heterocycles.